The van der Waals surface area contributed by atoms with Crippen molar-refractivity contribution in [2.75, 3.05) is 19.7 Å². The lowest BCUT2D eigenvalue weighted by Gasteiger charge is -2.21. The van der Waals surface area contributed by atoms with E-state index in [9.17, 15) is 15.2 Å². The van der Waals surface area contributed by atoms with Crippen molar-refractivity contribution in [2.24, 2.45) is 0 Å². The van der Waals surface area contributed by atoms with Gasteiger partial charge in [-0.1, -0.05) is 13.3 Å². The summed E-state index contributed by atoms with van der Waals surface area (Å²) in [6, 6.07) is 4.00. The van der Waals surface area contributed by atoms with Crippen LogP contribution in [0.25, 0.3) is 0 Å². The Kier molecular flexibility index (Phi) is 6.24. The molecule has 106 valence electrons. The van der Waals surface area contributed by atoms with Crippen LogP contribution in [0.3, 0.4) is 0 Å². The molecule has 1 aromatic rings. The molecule has 0 atom stereocenters. The first-order chi connectivity index (χ1) is 9.08. The number of nitro benzene ring substituents is 1. The molecule has 0 aliphatic heterocycles. The molecule has 0 saturated heterocycles. The highest BCUT2D eigenvalue weighted by Gasteiger charge is 2.13. The normalized spacial score (nSPS) is 10.9. The predicted molar refractivity (Wildman–Crippen MR) is 72.0 cm³/mol. The molecule has 0 aliphatic carbocycles. The van der Waals surface area contributed by atoms with Gasteiger partial charge >= 0.3 is 0 Å². The van der Waals surface area contributed by atoms with Crippen LogP contribution >= 0.6 is 0 Å². The summed E-state index contributed by atoms with van der Waals surface area (Å²) in [6.07, 6.45) is 2.01. The first-order valence-electron chi connectivity index (χ1n) is 6.38. The van der Waals surface area contributed by atoms with Crippen LogP contribution in [0.5, 0.6) is 5.75 Å². The third-order valence-corrected chi connectivity index (χ3v) is 2.91. The fourth-order valence-corrected chi connectivity index (χ4v) is 1.85. The molecular weight excluding hydrogens is 248 g/mol. The number of nitrogens with zero attached hydrogens (tertiary/aromatic N) is 2. The van der Waals surface area contributed by atoms with E-state index in [1.807, 2.05) is 4.90 Å². The van der Waals surface area contributed by atoms with Crippen LogP contribution in [-0.4, -0.2) is 39.7 Å². The Morgan fingerprint density at radius 1 is 1.37 bits per heavy atom. The molecule has 1 aromatic carbocycles. The van der Waals surface area contributed by atoms with Gasteiger partial charge in [-0.3, -0.25) is 15.0 Å². The minimum absolute atomic E-state index is 0.0272. The van der Waals surface area contributed by atoms with E-state index >= 15 is 0 Å². The summed E-state index contributed by atoms with van der Waals surface area (Å²) in [5.74, 6) is 0.0463. The highest BCUT2D eigenvalue weighted by molar-refractivity contribution is 5.42. The number of non-ortho nitro benzene ring substituents is 1. The molecule has 0 aromatic heterocycles. The van der Waals surface area contributed by atoms with Crippen molar-refractivity contribution in [1.29, 1.82) is 0 Å². The van der Waals surface area contributed by atoms with Gasteiger partial charge in [-0.15, -0.1) is 0 Å². The Hall–Kier alpha value is -1.66. The van der Waals surface area contributed by atoms with Crippen molar-refractivity contribution < 1.29 is 15.1 Å². The number of phenolic OH excluding ortho intramolecular Hbond substituents is 1. The van der Waals surface area contributed by atoms with Crippen molar-refractivity contribution in [2.45, 2.75) is 26.3 Å². The van der Waals surface area contributed by atoms with Crippen molar-refractivity contribution in [3.8, 4) is 5.75 Å². The van der Waals surface area contributed by atoms with E-state index in [1.54, 1.807) is 0 Å². The molecule has 6 nitrogen and oxygen atoms in total. The van der Waals surface area contributed by atoms with Crippen LogP contribution in [0, 0.1) is 10.1 Å². The molecule has 1 rings (SSSR count). The number of aliphatic hydroxyl groups excluding tert-OH is 1. The first-order valence-corrected chi connectivity index (χ1v) is 6.38. The quantitative estimate of drug-likeness (QED) is 0.555. The van der Waals surface area contributed by atoms with Gasteiger partial charge in [-0.25, -0.2) is 0 Å². The standard InChI is InChI=1S/C13H20N2O4/c1-2-3-6-14(7-8-16)10-11-9-12(15(18)19)4-5-13(11)17/h4-5,9,16-17H,2-3,6-8,10H2,1H3. The smallest absolute Gasteiger partial charge is 0.270 e. The zero-order valence-corrected chi connectivity index (χ0v) is 11.1. The maximum absolute atomic E-state index is 10.7. The zero-order chi connectivity index (χ0) is 14.3. The van der Waals surface area contributed by atoms with Gasteiger partial charge < -0.3 is 10.2 Å². The molecule has 19 heavy (non-hydrogen) atoms. The molecule has 0 amide bonds. The van der Waals surface area contributed by atoms with Crippen molar-refractivity contribution in [1.82, 2.24) is 4.90 Å². The highest BCUT2D eigenvalue weighted by Crippen LogP contribution is 2.24. The molecule has 0 unspecified atom stereocenters. The predicted octanol–water partition coefficient (Wildman–Crippen LogP) is 1.89. The van der Waals surface area contributed by atoms with Crippen LogP contribution in [0.1, 0.15) is 25.3 Å². The Balaban J connectivity index is 2.81. The third kappa shape index (κ3) is 4.84. The highest BCUT2D eigenvalue weighted by atomic mass is 16.6. The lowest BCUT2D eigenvalue weighted by molar-refractivity contribution is -0.385. The number of aromatic hydroxyl groups is 1. The van der Waals surface area contributed by atoms with Crippen LogP contribution in [0.2, 0.25) is 0 Å². The average molecular weight is 268 g/mol. The number of aliphatic hydroxyl groups is 1. The Morgan fingerprint density at radius 2 is 2.11 bits per heavy atom. The van der Waals surface area contributed by atoms with Gasteiger partial charge in [-0.2, -0.15) is 0 Å². The summed E-state index contributed by atoms with van der Waals surface area (Å²) < 4.78 is 0. The van der Waals surface area contributed by atoms with Crippen molar-refractivity contribution in [3.63, 3.8) is 0 Å². The molecule has 0 heterocycles. The zero-order valence-electron chi connectivity index (χ0n) is 11.1. The van der Waals surface area contributed by atoms with Crippen LogP contribution < -0.4 is 0 Å². The van der Waals surface area contributed by atoms with Gasteiger partial charge in [-0.05, 0) is 19.0 Å². The summed E-state index contributed by atoms with van der Waals surface area (Å²) in [4.78, 5) is 12.2. The topological polar surface area (TPSA) is 86.8 Å². The number of hydrogen-bond donors (Lipinski definition) is 2. The second-order valence-corrected chi connectivity index (χ2v) is 4.42. The SMILES string of the molecule is CCCCN(CCO)Cc1cc([N+](=O)[O-])ccc1O. The van der Waals surface area contributed by atoms with Gasteiger partial charge in [0.2, 0.25) is 0 Å². The van der Waals surface area contributed by atoms with E-state index in [2.05, 4.69) is 6.92 Å². The number of unbranched alkanes of at least 4 members (excludes halogenated alkanes) is 1. The minimum atomic E-state index is -0.481. The fraction of sp³-hybridized carbons (Fsp3) is 0.538. The van der Waals surface area contributed by atoms with Crippen molar-refractivity contribution in [3.05, 3.63) is 33.9 Å². The van der Waals surface area contributed by atoms with E-state index in [1.165, 1.54) is 18.2 Å². The van der Waals surface area contributed by atoms with Gasteiger partial charge in [0.25, 0.3) is 5.69 Å². The molecule has 0 aliphatic rings. The molecule has 2 N–H and O–H groups in total. The summed E-state index contributed by atoms with van der Waals surface area (Å²) in [5, 5.41) is 29.5. The number of nitro groups is 1. The van der Waals surface area contributed by atoms with Gasteiger partial charge in [0.15, 0.2) is 0 Å². The molecule has 0 spiro atoms. The Morgan fingerprint density at radius 3 is 2.68 bits per heavy atom. The molecule has 0 radical (unpaired) electrons. The Labute approximate surface area is 112 Å². The van der Waals surface area contributed by atoms with Gasteiger partial charge in [0, 0.05) is 30.8 Å². The first kappa shape index (κ1) is 15.4. The monoisotopic (exact) mass is 268 g/mol. The number of benzene rings is 1. The number of rotatable bonds is 8. The minimum Gasteiger partial charge on any atom is -0.508 e. The molecule has 6 heteroatoms. The summed E-state index contributed by atoms with van der Waals surface area (Å²) >= 11 is 0. The Bertz CT molecular complexity index is 423. The summed E-state index contributed by atoms with van der Waals surface area (Å²) in [5.41, 5.74) is 0.478. The second kappa shape index (κ2) is 7.70. The molecule has 0 fully saturated rings. The maximum atomic E-state index is 10.7. The largest absolute Gasteiger partial charge is 0.508 e. The van der Waals surface area contributed by atoms with Crippen LogP contribution in [0.4, 0.5) is 5.69 Å². The van der Waals surface area contributed by atoms with E-state index in [0.29, 0.717) is 18.7 Å². The number of phenols is 1. The maximum Gasteiger partial charge on any atom is 0.270 e. The molecule has 0 saturated carbocycles. The van der Waals surface area contributed by atoms with Gasteiger partial charge in [0.1, 0.15) is 5.75 Å². The average Bonchev–Trinajstić information content (AvgIpc) is 2.38. The fourth-order valence-electron chi connectivity index (χ4n) is 1.85. The van der Waals surface area contributed by atoms with Crippen LogP contribution in [0.15, 0.2) is 18.2 Å². The number of hydrogen-bond acceptors (Lipinski definition) is 5. The molecule has 0 bridgehead atoms. The summed E-state index contributed by atoms with van der Waals surface area (Å²) in [6.45, 7) is 3.77. The third-order valence-electron chi connectivity index (χ3n) is 2.91. The van der Waals surface area contributed by atoms with E-state index in [-0.39, 0.29) is 18.0 Å². The molecular formula is C13H20N2O4. The van der Waals surface area contributed by atoms with E-state index < -0.39 is 4.92 Å². The van der Waals surface area contributed by atoms with Gasteiger partial charge in [0.05, 0.1) is 11.5 Å². The van der Waals surface area contributed by atoms with Crippen molar-refractivity contribution >= 4 is 5.69 Å². The summed E-state index contributed by atoms with van der Waals surface area (Å²) in [7, 11) is 0. The second-order valence-electron chi connectivity index (χ2n) is 4.42. The van der Waals surface area contributed by atoms with Crippen LogP contribution in [-0.2, 0) is 6.54 Å². The van der Waals surface area contributed by atoms with E-state index in [0.717, 1.165) is 19.4 Å². The lowest BCUT2D eigenvalue weighted by Crippen LogP contribution is -2.27. The van der Waals surface area contributed by atoms with E-state index in [4.69, 9.17) is 5.11 Å². The lowest BCUT2D eigenvalue weighted by atomic mass is 10.1.